The normalized spacial score (nSPS) is 10.9. The second kappa shape index (κ2) is 8.96. The van der Waals surface area contributed by atoms with Crippen LogP contribution in [-0.4, -0.2) is 34.5 Å². The number of hydrogen-bond donors (Lipinski definition) is 3. The number of hydrogen-bond acceptors (Lipinski definition) is 5. The van der Waals surface area contributed by atoms with Crippen LogP contribution in [0.25, 0.3) is 22.4 Å². The number of benzene rings is 3. The van der Waals surface area contributed by atoms with Gasteiger partial charge < -0.3 is 9.84 Å². The summed E-state index contributed by atoms with van der Waals surface area (Å²) in [5.41, 5.74) is 6.89. The second-order valence-electron chi connectivity index (χ2n) is 6.71. The van der Waals surface area contributed by atoms with Crippen LogP contribution in [0.2, 0.25) is 0 Å². The molecule has 4 aromatic rings. The number of carbonyl (C=O) groups is 1. The summed E-state index contributed by atoms with van der Waals surface area (Å²) in [4.78, 5) is 12.3. The van der Waals surface area contributed by atoms with E-state index in [2.05, 4.69) is 32.9 Å². The molecule has 0 bridgehead atoms. The number of aromatic hydroxyl groups is 1. The van der Waals surface area contributed by atoms with Crippen LogP contribution in [0.4, 0.5) is 0 Å². The second-order valence-corrected chi connectivity index (χ2v) is 6.71. The van der Waals surface area contributed by atoms with Crippen LogP contribution < -0.4 is 10.2 Å². The number of amides is 1. The van der Waals surface area contributed by atoms with Crippen molar-refractivity contribution in [1.82, 2.24) is 15.6 Å². The van der Waals surface area contributed by atoms with Crippen LogP contribution in [0, 0.1) is 0 Å². The molecule has 154 valence electrons. The standard InChI is InChI=1S/C24H20N4O3/c1-31-22-9-5-8-19(23(22)29)15-25-28-24(30)21-14-20(26-27-21)18-12-10-17(11-13-18)16-6-3-2-4-7-16/h2-15,29H,1H3,(H,26,27)(H,28,30)/b25-15-. The van der Waals surface area contributed by atoms with Gasteiger partial charge in [-0.1, -0.05) is 60.7 Å². The van der Waals surface area contributed by atoms with E-state index in [-0.39, 0.29) is 11.4 Å². The molecule has 0 aliphatic carbocycles. The molecule has 31 heavy (non-hydrogen) atoms. The molecular formula is C24H20N4O3. The Labute approximate surface area is 179 Å². The Morgan fingerprint density at radius 2 is 1.71 bits per heavy atom. The molecule has 0 atom stereocenters. The third kappa shape index (κ3) is 4.45. The molecule has 1 aromatic heterocycles. The van der Waals surface area contributed by atoms with Crippen molar-refractivity contribution < 1.29 is 14.6 Å². The number of nitrogens with one attached hydrogen (secondary N) is 2. The fourth-order valence-corrected chi connectivity index (χ4v) is 3.08. The molecule has 7 nitrogen and oxygen atoms in total. The number of phenolic OH excluding ortho intramolecular Hbond substituents is 1. The van der Waals surface area contributed by atoms with Crippen molar-refractivity contribution in [3.05, 3.63) is 90.1 Å². The van der Waals surface area contributed by atoms with Crippen molar-refractivity contribution in [2.45, 2.75) is 0 Å². The van der Waals surface area contributed by atoms with Gasteiger partial charge in [-0.2, -0.15) is 10.2 Å². The maximum atomic E-state index is 12.3. The molecule has 3 N–H and O–H groups in total. The van der Waals surface area contributed by atoms with Gasteiger partial charge in [-0.25, -0.2) is 5.43 Å². The zero-order chi connectivity index (χ0) is 21.6. The van der Waals surface area contributed by atoms with Crippen molar-refractivity contribution in [3.63, 3.8) is 0 Å². The lowest BCUT2D eigenvalue weighted by Crippen LogP contribution is -2.18. The fourth-order valence-electron chi connectivity index (χ4n) is 3.08. The number of methoxy groups -OCH3 is 1. The summed E-state index contributed by atoms with van der Waals surface area (Å²) in [6, 6.07) is 24.7. The summed E-state index contributed by atoms with van der Waals surface area (Å²) in [5.74, 6) is -0.171. The first-order valence-corrected chi connectivity index (χ1v) is 9.56. The number of aromatic nitrogens is 2. The average molecular weight is 412 g/mol. The number of ether oxygens (including phenoxy) is 1. The van der Waals surface area contributed by atoms with E-state index >= 15 is 0 Å². The van der Waals surface area contributed by atoms with Crippen molar-refractivity contribution in [1.29, 1.82) is 0 Å². The topological polar surface area (TPSA) is 99.6 Å². The molecular weight excluding hydrogens is 392 g/mol. The summed E-state index contributed by atoms with van der Waals surface area (Å²) in [7, 11) is 1.46. The Bertz CT molecular complexity index is 1220. The predicted octanol–water partition coefficient (Wildman–Crippen LogP) is 4.22. The number of carbonyl (C=O) groups excluding carboxylic acids is 1. The first kappa shape index (κ1) is 19.9. The number of phenols is 1. The quantitative estimate of drug-likeness (QED) is 0.326. The summed E-state index contributed by atoms with van der Waals surface area (Å²) in [5, 5.41) is 20.9. The van der Waals surface area contributed by atoms with Gasteiger partial charge in [-0.05, 0) is 29.3 Å². The van der Waals surface area contributed by atoms with Crippen LogP contribution in [-0.2, 0) is 0 Å². The predicted molar refractivity (Wildman–Crippen MR) is 119 cm³/mol. The van der Waals surface area contributed by atoms with E-state index in [9.17, 15) is 9.90 Å². The average Bonchev–Trinajstić information content (AvgIpc) is 3.31. The Hall–Kier alpha value is -4.39. The van der Waals surface area contributed by atoms with Crippen LogP contribution in [0.1, 0.15) is 16.1 Å². The monoisotopic (exact) mass is 412 g/mol. The molecule has 0 unspecified atom stereocenters. The van der Waals surface area contributed by atoms with Gasteiger partial charge in [0, 0.05) is 11.1 Å². The first-order valence-electron chi connectivity index (χ1n) is 9.56. The molecule has 1 heterocycles. The van der Waals surface area contributed by atoms with Crippen LogP contribution in [0.3, 0.4) is 0 Å². The smallest absolute Gasteiger partial charge is 0.289 e. The number of rotatable bonds is 6. The Balaban J connectivity index is 1.43. The van der Waals surface area contributed by atoms with Gasteiger partial charge >= 0.3 is 0 Å². The minimum absolute atomic E-state index is 0.0502. The van der Waals surface area contributed by atoms with E-state index < -0.39 is 5.91 Å². The van der Waals surface area contributed by atoms with Crippen molar-refractivity contribution >= 4 is 12.1 Å². The van der Waals surface area contributed by atoms with Crippen LogP contribution in [0.5, 0.6) is 11.5 Å². The summed E-state index contributed by atoms with van der Waals surface area (Å²) >= 11 is 0. The van der Waals surface area contributed by atoms with Gasteiger partial charge in [0.25, 0.3) is 5.91 Å². The largest absolute Gasteiger partial charge is 0.504 e. The highest BCUT2D eigenvalue weighted by Gasteiger charge is 2.11. The minimum Gasteiger partial charge on any atom is -0.504 e. The Morgan fingerprint density at radius 3 is 2.45 bits per heavy atom. The van der Waals surface area contributed by atoms with Gasteiger partial charge in [0.15, 0.2) is 11.5 Å². The Kier molecular flexibility index (Phi) is 5.75. The number of H-pyrrole nitrogens is 1. The molecule has 0 saturated heterocycles. The summed E-state index contributed by atoms with van der Waals surface area (Å²) < 4.78 is 5.05. The molecule has 0 spiro atoms. The SMILES string of the molecule is COc1cccc(/C=N\NC(=O)c2cc(-c3ccc(-c4ccccc4)cc3)n[nH]2)c1O. The summed E-state index contributed by atoms with van der Waals surface area (Å²) in [6.07, 6.45) is 1.34. The number of hydrazone groups is 1. The molecule has 0 aliphatic rings. The molecule has 3 aromatic carbocycles. The number of nitrogens with zero attached hydrogens (tertiary/aromatic N) is 2. The van der Waals surface area contributed by atoms with Gasteiger partial charge in [-0.15, -0.1) is 0 Å². The Morgan fingerprint density at radius 1 is 1.00 bits per heavy atom. The zero-order valence-electron chi connectivity index (χ0n) is 16.7. The first-order chi connectivity index (χ1) is 15.2. The van der Waals surface area contributed by atoms with Crippen molar-refractivity contribution in [2.24, 2.45) is 5.10 Å². The van der Waals surface area contributed by atoms with E-state index in [4.69, 9.17) is 4.74 Å². The third-order valence-electron chi connectivity index (χ3n) is 4.73. The van der Waals surface area contributed by atoms with Crippen LogP contribution >= 0.6 is 0 Å². The third-order valence-corrected chi connectivity index (χ3v) is 4.73. The maximum Gasteiger partial charge on any atom is 0.289 e. The van der Waals surface area contributed by atoms with E-state index in [0.717, 1.165) is 16.7 Å². The van der Waals surface area contributed by atoms with Gasteiger partial charge in [0.05, 0.1) is 19.0 Å². The molecule has 4 rings (SSSR count). The fraction of sp³-hybridized carbons (Fsp3) is 0.0417. The van der Waals surface area contributed by atoms with Crippen molar-refractivity contribution in [2.75, 3.05) is 7.11 Å². The molecule has 7 heteroatoms. The molecule has 1 amide bonds. The van der Waals surface area contributed by atoms with Crippen LogP contribution in [0.15, 0.2) is 84.0 Å². The number of para-hydroxylation sites is 1. The lowest BCUT2D eigenvalue weighted by Gasteiger charge is -2.04. The zero-order valence-corrected chi connectivity index (χ0v) is 16.7. The highest BCUT2D eigenvalue weighted by atomic mass is 16.5. The highest BCUT2D eigenvalue weighted by molar-refractivity contribution is 5.94. The van der Waals surface area contributed by atoms with Gasteiger partial charge in [0.2, 0.25) is 0 Å². The van der Waals surface area contributed by atoms with E-state index in [0.29, 0.717) is 17.0 Å². The highest BCUT2D eigenvalue weighted by Crippen LogP contribution is 2.28. The van der Waals surface area contributed by atoms with Gasteiger partial charge in [-0.3, -0.25) is 9.89 Å². The lowest BCUT2D eigenvalue weighted by molar-refractivity contribution is 0.0950. The minimum atomic E-state index is -0.446. The van der Waals surface area contributed by atoms with E-state index in [1.807, 2.05) is 42.5 Å². The van der Waals surface area contributed by atoms with Crippen molar-refractivity contribution in [3.8, 4) is 33.9 Å². The number of aromatic amines is 1. The lowest BCUT2D eigenvalue weighted by atomic mass is 10.0. The van der Waals surface area contributed by atoms with E-state index in [1.54, 1.807) is 24.3 Å². The van der Waals surface area contributed by atoms with E-state index in [1.165, 1.54) is 13.3 Å². The maximum absolute atomic E-state index is 12.3. The summed E-state index contributed by atoms with van der Waals surface area (Å²) in [6.45, 7) is 0. The molecule has 0 aliphatic heterocycles. The molecule has 0 radical (unpaired) electrons. The van der Waals surface area contributed by atoms with Gasteiger partial charge in [0.1, 0.15) is 5.69 Å². The molecule has 0 saturated carbocycles. The molecule has 0 fully saturated rings.